The van der Waals surface area contributed by atoms with Crippen molar-refractivity contribution >= 4 is 74.9 Å². The summed E-state index contributed by atoms with van der Waals surface area (Å²) < 4.78 is 39.8. The number of alkyl carbamates (subject to hydrolysis) is 1. The summed E-state index contributed by atoms with van der Waals surface area (Å²) >= 11 is 3.07. The number of Topliss-reactive ketones (excluding diaryl/α,β-unsaturated/α-hetero) is 2. The van der Waals surface area contributed by atoms with Crippen molar-refractivity contribution in [2.24, 2.45) is 23.5 Å². The predicted octanol–water partition coefficient (Wildman–Crippen LogP) is 4.92. The first-order valence-electron chi connectivity index (χ1n) is 28.1. The van der Waals surface area contributed by atoms with Crippen LogP contribution in [0.1, 0.15) is 112 Å². The maximum atomic E-state index is 13.7. The number of amides is 7. The minimum Gasteiger partial charge on any atom is -0.459 e. The van der Waals surface area contributed by atoms with E-state index in [-0.39, 0.29) is 136 Å². The van der Waals surface area contributed by atoms with Gasteiger partial charge < -0.3 is 70.8 Å². The third-order valence-corrected chi connectivity index (χ3v) is 14.5. The molecule has 4 rings (SSSR count). The molecule has 0 radical (unpaired) electrons. The van der Waals surface area contributed by atoms with E-state index >= 15 is 0 Å². The summed E-state index contributed by atoms with van der Waals surface area (Å²) in [6.45, 7) is 14.3. The highest BCUT2D eigenvalue weighted by Gasteiger charge is 2.51. The minimum atomic E-state index is -0.873. The smallest absolute Gasteiger partial charge is 0.407 e. The van der Waals surface area contributed by atoms with Crippen molar-refractivity contribution < 1.29 is 76.3 Å². The SMILES string of the molecule is CC(=O)O[C@@H](C)/C=C\C(=O)N[C@@H]1C[C@H](C)[C@H](C/C=C(C)/C=C/[C@@H]2C[C@]3(CO3)C[C@@H](CC(=O)CNC(=O)OCc3ccc(NC(=O)[C@H](CCCNC(N)=O)CC(=O)[C@@H](NC(=O)CCOCCOCCNC(=O)CBr)C(C)C)cc3)O2)O[C@@H]1C. The summed E-state index contributed by atoms with van der Waals surface area (Å²) in [4.78, 5) is 112. The molecule has 1 aromatic carbocycles. The van der Waals surface area contributed by atoms with Crippen LogP contribution in [0.5, 0.6) is 0 Å². The van der Waals surface area contributed by atoms with Crippen LogP contribution in [0.25, 0.3) is 0 Å². The molecule has 3 aliphatic rings. The Bertz CT molecular complexity index is 2380. The first-order valence-corrected chi connectivity index (χ1v) is 29.3. The molecule has 0 bridgehead atoms. The second-order valence-electron chi connectivity index (χ2n) is 21.5. The Labute approximate surface area is 489 Å². The van der Waals surface area contributed by atoms with E-state index in [4.69, 9.17) is 38.9 Å². The Balaban J connectivity index is 1.18. The first-order chi connectivity index (χ1) is 39.0. The van der Waals surface area contributed by atoms with E-state index in [2.05, 4.69) is 60.8 Å². The molecule has 0 unspecified atom stereocenters. The van der Waals surface area contributed by atoms with Gasteiger partial charge in [-0.2, -0.15) is 0 Å². The molecular weight excluding hydrogens is 1130 g/mol. The van der Waals surface area contributed by atoms with Crippen LogP contribution < -0.4 is 37.6 Å². The molecule has 3 fully saturated rings. The number of benzene rings is 1. The molecule has 8 N–H and O–H groups in total. The van der Waals surface area contributed by atoms with Gasteiger partial charge in [-0.25, -0.2) is 9.59 Å². The molecule has 82 heavy (non-hydrogen) atoms. The van der Waals surface area contributed by atoms with Gasteiger partial charge in [0.1, 0.15) is 12.7 Å². The molecule has 7 amide bonds. The number of allylic oxidation sites excluding steroid dienone is 2. The van der Waals surface area contributed by atoms with Crippen LogP contribution in [0.4, 0.5) is 15.3 Å². The van der Waals surface area contributed by atoms with E-state index in [9.17, 15) is 43.2 Å². The van der Waals surface area contributed by atoms with E-state index in [0.29, 0.717) is 56.7 Å². The number of halogens is 1. The molecule has 0 aliphatic carbocycles. The topological polar surface area (TPSA) is 320 Å². The van der Waals surface area contributed by atoms with Gasteiger partial charge in [0.05, 0.1) is 87.0 Å². The van der Waals surface area contributed by atoms with Crippen molar-refractivity contribution in [1.82, 2.24) is 26.6 Å². The van der Waals surface area contributed by atoms with Gasteiger partial charge in [-0.15, -0.1) is 0 Å². The normalized spacial score (nSPS) is 22.6. The maximum Gasteiger partial charge on any atom is 0.407 e. The Morgan fingerprint density at radius 2 is 1.60 bits per heavy atom. The van der Waals surface area contributed by atoms with Crippen molar-refractivity contribution in [1.29, 1.82) is 0 Å². The second kappa shape index (κ2) is 35.8. The molecule has 3 aliphatic heterocycles. The van der Waals surface area contributed by atoms with Crippen LogP contribution in [-0.4, -0.2) is 159 Å². The zero-order valence-corrected chi connectivity index (χ0v) is 50.0. The van der Waals surface area contributed by atoms with Crippen molar-refractivity contribution in [3.8, 4) is 0 Å². The molecule has 0 aromatic heterocycles. The van der Waals surface area contributed by atoms with Gasteiger partial charge in [0.25, 0.3) is 0 Å². The molecular formula is C58H86BrN7O16. The number of rotatable bonds is 35. The van der Waals surface area contributed by atoms with E-state index in [1.807, 2.05) is 26.0 Å². The maximum absolute atomic E-state index is 13.7. The van der Waals surface area contributed by atoms with Crippen LogP contribution in [0.2, 0.25) is 0 Å². The fourth-order valence-corrected chi connectivity index (χ4v) is 9.62. The molecule has 3 heterocycles. The minimum absolute atomic E-state index is 0.00432. The van der Waals surface area contributed by atoms with Gasteiger partial charge in [-0.05, 0) is 82.1 Å². The van der Waals surface area contributed by atoms with Crippen molar-refractivity contribution in [3.05, 3.63) is 65.8 Å². The number of esters is 1. The van der Waals surface area contributed by atoms with Crippen LogP contribution >= 0.6 is 15.9 Å². The lowest BCUT2D eigenvalue weighted by Gasteiger charge is -2.39. The number of alkyl halides is 1. The van der Waals surface area contributed by atoms with E-state index < -0.39 is 54.1 Å². The number of nitrogens with one attached hydrogen (secondary N) is 6. The number of carbonyl (C=O) groups is 9. The number of urea groups is 1. The number of hydrogen-bond acceptors (Lipinski definition) is 16. The average Bonchev–Trinajstić information content (AvgIpc) is 3.33. The number of primary amides is 1. The van der Waals surface area contributed by atoms with Crippen LogP contribution in [0.3, 0.4) is 0 Å². The molecule has 1 aromatic rings. The fraction of sp³-hybridized carbons (Fsp3) is 0.638. The van der Waals surface area contributed by atoms with Gasteiger partial charge in [0.2, 0.25) is 23.6 Å². The largest absolute Gasteiger partial charge is 0.459 e. The van der Waals surface area contributed by atoms with E-state index in [1.54, 1.807) is 45.0 Å². The highest BCUT2D eigenvalue weighted by Crippen LogP contribution is 2.43. The molecule has 456 valence electrons. The van der Waals surface area contributed by atoms with Crippen LogP contribution in [0, 0.1) is 17.8 Å². The average molecular weight is 1220 g/mol. The van der Waals surface area contributed by atoms with E-state index in [1.165, 1.54) is 19.1 Å². The molecule has 24 heteroatoms. The fourth-order valence-electron chi connectivity index (χ4n) is 9.42. The number of hydrogen-bond donors (Lipinski definition) is 7. The number of carbonyl (C=O) groups excluding carboxylic acids is 9. The zero-order valence-electron chi connectivity index (χ0n) is 48.4. The number of ketones is 2. The van der Waals surface area contributed by atoms with Crippen molar-refractivity contribution in [2.45, 2.75) is 161 Å². The quantitative estimate of drug-likeness (QED) is 0.0118. The van der Waals surface area contributed by atoms with Gasteiger partial charge in [-0.1, -0.05) is 72.6 Å². The monoisotopic (exact) mass is 1220 g/mol. The summed E-state index contributed by atoms with van der Waals surface area (Å²) in [6, 6.07) is 4.80. The summed E-state index contributed by atoms with van der Waals surface area (Å²) in [7, 11) is 0. The molecule has 23 nitrogen and oxygen atoms in total. The number of anilines is 1. The highest BCUT2D eigenvalue weighted by atomic mass is 79.9. The summed E-state index contributed by atoms with van der Waals surface area (Å²) in [5.74, 6) is -3.18. The lowest BCUT2D eigenvalue weighted by molar-refractivity contribution is -0.143. The Hall–Kier alpha value is -6.05. The number of ether oxygens (including phenoxy) is 7. The Kier molecular flexibility index (Phi) is 29.9. The Morgan fingerprint density at radius 3 is 2.27 bits per heavy atom. The molecule has 10 atom stereocenters. The molecule has 1 spiro atoms. The first kappa shape index (κ1) is 68.4. The van der Waals surface area contributed by atoms with E-state index in [0.717, 1.165) is 12.0 Å². The Morgan fingerprint density at radius 1 is 0.878 bits per heavy atom. The molecule has 0 saturated carbocycles. The third kappa shape index (κ3) is 26.9. The predicted molar refractivity (Wildman–Crippen MR) is 307 cm³/mol. The number of nitrogens with two attached hydrogens (primary N) is 1. The van der Waals surface area contributed by atoms with Gasteiger partial charge >= 0.3 is 18.1 Å². The van der Waals surface area contributed by atoms with Crippen molar-refractivity contribution in [2.75, 3.05) is 63.3 Å². The molecule has 3 saturated heterocycles. The number of epoxide rings is 1. The van der Waals surface area contributed by atoms with Crippen molar-refractivity contribution in [3.63, 3.8) is 0 Å². The van der Waals surface area contributed by atoms with Gasteiger partial charge in [0.15, 0.2) is 11.6 Å². The lowest BCUT2D eigenvalue weighted by Crippen LogP contribution is -2.50. The standard InChI is InChI=1S/C58H86BrN7O16/c1-36(2)54(66-52(71)20-23-76-25-26-77-24-22-61-53(72)32-59)49(69)28-43(9-8-21-62-56(60)74)55(73)64-44-15-13-42(14-16-44)34-78-57(75)63-33-45(68)29-47-31-58(35-79-58)30-46(82-47)17-10-37(3)11-18-50-38(4)27-48(40(6)81-50)65-51(70)19-12-39(5)80-41(7)67/h10-17,19,36,38-40,43,46-48,50,54H,8-9,18,20-35H2,1-7H3,(H,61,72)(H,63,75)(H,64,73)(H,65,70)(H,66,71)(H3,60,62,74)/b17-10+,19-12-,37-11+/t38-,39-,40+,43+,46+,47+,48+,50-,54-,58+/m0/s1. The summed E-state index contributed by atoms with van der Waals surface area (Å²) in [5, 5.41) is 16.5. The van der Waals surface area contributed by atoms with Gasteiger partial charge in [-0.3, -0.25) is 33.6 Å². The summed E-state index contributed by atoms with van der Waals surface area (Å²) in [5.41, 5.74) is 6.91. The summed E-state index contributed by atoms with van der Waals surface area (Å²) in [6.07, 6.45) is 9.89. The second-order valence-corrected chi connectivity index (χ2v) is 22.1. The van der Waals surface area contributed by atoms with Gasteiger partial charge in [0, 0.05) is 69.8 Å². The highest BCUT2D eigenvalue weighted by molar-refractivity contribution is 9.09. The third-order valence-electron chi connectivity index (χ3n) is 13.9. The van der Waals surface area contributed by atoms with Crippen LogP contribution in [0.15, 0.2) is 60.2 Å². The zero-order chi connectivity index (χ0) is 60.2. The van der Waals surface area contributed by atoms with Crippen LogP contribution in [-0.2, 0) is 73.3 Å². The lowest BCUT2D eigenvalue weighted by atomic mass is 9.88.